The van der Waals surface area contributed by atoms with Crippen LogP contribution in [0.5, 0.6) is 0 Å². The molecule has 0 bridgehead atoms. The van der Waals surface area contributed by atoms with Crippen LogP contribution in [0.25, 0.3) is 0 Å². The zero-order valence-corrected chi connectivity index (χ0v) is 7.50. The highest BCUT2D eigenvalue weighted by molar-refractivity contribution is 5.92. The molecule has 0 saturated heterocycles. The Morgan fingerprint density at radius 3 is 3.08 bits per heavy atom. The van der Waals surface area contributed by atoms with Gasteiger partial charge in [-0.3, -0.25) is 4.79 Å². The van der Waals surface area contributed by atoms with Crippen LogP contribution in [0.15, 0.2) is 0 Å². The van der Waals surface area contributed by atoms with Gasteiger partial charge < -0.3 is 15.6 Å². The molecule has 0 saturated carbocycles. The largest absolute Gasteiger partial charge is 0.364 e. The first kappa shape index (κ1) is 8.25. The van der Waals surface area contributed by atoms with Crippen molar-refractivity contribution < 1.29 is 4.79 Å². The number of imidazole rings is 1. The van der Waals surface area contributed by atoms with Gasteiger partial charge in [-0.1, -0.05) is 0 Å². The van der Waals surface area contributed by atoms with Gasteiger partial charge in [-0.15, -0.1) is 0 Å². The summed E-state index contributed by atoms with van der Waals surface area (Å²) < 4.78 is 2.04. The van der Waals surface area contributed by atoms with Crippen molar-refractivity contribution in [1.82, 2.24) is 14.9 Å². The molecule has 1 aromatic heterocycles. The van der Waals surface area contributed by atoms with Gasteiger partial charge >= 0.3 is 0 Å². The lowest BCUT2D eigenvalue weighted by atomic mass is 10.3. The average molecular weight is 180 g/mol. The molecular weight excluding hydrogens is 168 g/mol. The van der Waals surface area contributed by atoms with Crippen molar-refractivity contribution in [1.29, 1.82) is 0 Å². The zero-order valence-electron chi connectivity index (χ0n) is 7.50. The van der Waals surface area contributed by atoms with Gasteiger partial charge in [0.05, 0.1) is 6.54 Å². The first-order chi connectivity index (χ1) is 6.20. The summed E-state index contributed by atoms with van der Waals surface area (Å²) in [6.45, 7) is 4.37. The molecule has 0 radical (unpaired) electrons. The van der Waals surface area contributed by atoms with Gasteiger partial charge in [0.2, 0.25) is 0 Å². The van der Waals surface area contributed by atoms with Gasteiger partial charge in [-0.2, -0.15) is 0 Å². The highest BCUT2D eigenvalue weighted by Crippen LogP contribution is 2.12. The quantitative estimate of drug-likeness (QED) is 0.605. The number of hydrogen-bond donors (Lipinski definition) is 2. The summed E-state index contributed by atoms with van der Waals surface area (Å²) in [5.41, 5.74) is 6.47. The van der Waals surface area contributed by atoms with Crippen LogP contribution in [0, 0.1) is 6.92 Å². The summed E-state index contributed by atoms with van der Waals surface area (Å²) in [5, 5.41) is 3.18. The van der Waals surface area contributed by atoms with E-state index in [-0.39, 0.29) is 0 Å². The van der Waals surface area contributed by atoms with E-state index in [0.29, 0.717) is 12.2 Å². The molecule has 2 heterocycles. The summed E-state index contributed by atoms with van der Waals surface area (Å²) in [6, 6.07) is 0. The van der Waals surface area contributed by atoms with Gasteiger partial charge in [0.1, 0.15) is 11.5 Å². The summed E-state index contributed by atoms with van der Waals surface area (Å²) in [5.74, 6) is 0.456. The predicted octanol–water partition coefficient (Wildman–Crippen LogP) is -0.606. The van der Waals surface area contributed by atoms with Crippen LogP contribution < -0.4 is 11.1 Å². The fraction of sp³-hybridized carbons (Fsp3) is 0.500. The average Bonchev–Trinajstić information content (AvgIpc) is 2.45. The van der Waals surface area contributed by atoms with E-state index in [4.69, 9.17) is 5.73 Å². The van der Waals surface area contributed by atoms with Gasteiger partial charge in [0, 0.05) is 18.8 Å². The van der Waals surface area contributed by atoms with Crippen molar-refractivity contribution in [3.63, 3.8) is 0 Å². The molecule has 5 heteroatoms. The second-order valence-electron chi connectivity index (χ2n) is 3.15. The third-order valence-corrected chi connectivity index (χ3v) is 2.33. The minimum atomic E-state index is -0.445. The van der Waals surface area contributed by atoms with Crippen molar-refractivity contribution in [3.8, 4) is 0 Å². The van der Waals surface area contributed by atoms with Crippen LogP contribution in [0.3, 0.4) is 0 Å². The maximum absolute atomic E-state index is 11.0. The van der Waals surface area contributed by atoms with Gasteiger partial charge in [-0.25, -0.2) is 4.98 Å². The predicted molar refractivity (Wildman–Crippen MR) is 47.2 cm³/mol. The lowest BCUT2D eigenvalue weighted by molar-refractivity contribution is 0.0995. The molecule has 0 unspecified atom stereocenters. The number of nitrogens with two attached hydrogens (primary N) is 1. The van der Waals surface area contributed by atoms with E-state index in [0.717, 1.165) is 24.6 Å². The van der Waals surface area contributed by atoms with E-state index in [1.54, 1.807) is 0 Å². The summed E-state index contributed by atoms with van der Waals surface area (Å²) in [6.07, 6.45) is 0. The Labute approximate surface area is 75.9 Å². The minimum absolute atomic E-state index is 0.402. The Morgan fingerprint density at radius 2 is 2.46 bits per heavy atom. The van der Waals surface area contributed by atoms with Crippen LogP contribution >= 0.6 is 0 Å². The molecule has 0 atom stereocenters. The van der Waals surface area contributed by atoms with Crippen LogP contribution in [0.1, 0.15) is 22.0 Å². The first-order valence-corrected chi connectivity index (χ1v) is 4.26. The van der Waals surface area contributed by atoms with E-state index >= 15 is 0 Å². The number of aromatic nitrogens is 2. The lowest BCUT2D eigenvalue weighted by Crippen LogP contribution is -2.28. The zero-order chi connectivity index (χ0) is 9.42. The molecule has 2 rings (SSSR count). The van der Waals surface area contributed by atoms with Crippen molar-refractivity contribution in [2.24, 2.45) is 5.73 Å². The third kappa shape index (κ3) is 1.21. The lowest BCUT2D eigenvalue weighted by Gasteiger charge is -2.15. The Kier molecular flexibility index (Phi) is 1.81. The normalized spacial score (nSPS) is 15.5. The second-order valence-corrected chi connectivity index (χ2v) is 3.15. The first-order valence-electron chi connectivity index (χ1n) is 4.26. The molecule has 0 aromatic carbocycles. The number of hydrogen-bond acceptors (Lipinski definition) is 3. The second kappa shape index (κ2) is 2.85. The van der Waals surface area contributed by atoms with Gasteiger partial charge in [-0.05, 0) is 6.92 Å². The van der Waals surface area contributed by atoms with E-state index < -0.39 is 5.91 Å². The van der Waals surface area contributed by atoms with Crippen LogP contribution in [0.4, 0.5) is 0 Å². The Balaban J connectivity index is 2.50. The van der Waals surface area contributed by atoms with Gasteiger partial charge in [0.15, 0.2) is 0 Å². The topological polar surface area (TPSA) is 72.9 Å². The minimum Gasteiger partial charge on any atom is -0.364 e. The van der Waals surface area contributed by atoms with Crippen molar-refractivity contribution in [3.05, 3.63) is 17.2 Å². The molecule has 1 aromatic rings. The molecule has 0 aliphatic carbocycles. The summed E-state index contributed by atoms with van der Waals surface area (Å²) >= 11 is 0. The Bertz CT molecular complexity index is 355. The van der Waals surface area contributed by atoms with E-state index in [9.17, 15) is 4.79 Å². The van der Waals surface area contributed by atoms with Crippen LogP contribution in [-0.4, -0.2) is 22.0 Å². The Morgan fingerprint density at radius 1 is 1.69 bits per heavy atom. The number of amides is 1. The molecule has 5 nitrogen and oxygen atoms in total. The highest BCUT2D eigenvalue weighted by atomic mass is 16.1. The number of nitrogens with zero attached hydrogens (tertiary/aromatic N) is 2. The third-order valence-electron chi connectivity index (χ3n) is 2.33. The van der Waals surface area contributed by atoms with Crippen LogP contribution in [-0.2, 0) is 13.1 Å². The van der Waals surface area contributed by atoms with Crippen molar-refractivity contribution in [2.45, 2.75) is 20.0 Å². The number of carbonyl (C=O) groups excluding carboxylic acids is 1. The molecule has 70 valence electrons. The van der Waals surface area contributed by atoms with E-state index in [1.807, 2.05) is 11.5 Å². The maximum Gasteiger partial charge on any atom is 0.269 e. The molecule has 3 N–H and O–H groups in total. The standard InChI is InChI=1S/C8H12N4O/c1-5-7(8(9)13)11-6-4-10-2-3-12(5)6/h10H,2-4H2,1H3,(H2,9,13). The molecule has 1 aliphatic rings. The van der Waals surface area contributed by atoms with Gasteiger partial charge in [0.25, 0.3) is 5.91 Å². The summed E-state index contributed by atoms with van der Waals surface area (Å²) in [7, 11) is 0. The number of nitrogens with one attached hydrogen (secondary N) is 1. The summed E-state index contributed by atoms with van der Waals surface area (Å²) in [4.78, 5) is 15.1. The van der Waals surface area contributed by atoms with E-state index in [1.165, 1.54) is 0 Å². The molecule has 13 heavy (non-hydrogen) atoms. The highest BCUT2D eigenvalue weighted by Gasteiger charge is 2.18. The fourth-order valence-corrected chi connectivity index (χ4v) is 1.65. The number of primary amides is 1. The smallest absolute Gasteiger partial charge is 0.269 e. The SMILES string of the molecule is Cc1c(C(N)=O)nc2n1CCNC2. The monoisotopic (exact) mass is 180 g/mol. The molecule has 1 amide bonds. The number of rotatable bonds is 1. The van der Waals surface area contributed by atoms with Crippen molar-refractivity contribution >= 4 is 5.91 Å². The molecule has 1 aliphatic heterocycles. The van der Waals surface area contributed by atoms with Crippen molar-refractivity contribution in [2.75, 3.05) is 6.54 Å². The molecule has 0 fully saturated rings. The maximum atomic E-state index is 11.0. The molecular formula is C8H12N4O. The van der Waals surface area contributed by atoms with Crippen LogP contribution in [0.2, 0.25) is 0 Å². The number of fused-ring (bicyclic) bond motifs is 1. The fourth-order valence-electron chi connectivity index (χ4n) is 1.65. The Hall–Kier alpha value is -1.36. The van der Waals surface area contributed by atoms with E-state index in [2.05, 4.69) is 10.3 Å². The molecule has 0 spiro atoms. The number of carbonyl (C=O) groups is 1.